The lowest BCUT2D eigenvalue weighted by molar-refractivity contribution is 0.898. The maximum atomic E-state index is 12.1. The molecule has 5 nitrogen and oxygen atoms in total. The normalized spacial score (nSPS) is 11.0. The second-order valence-corrected chi connectivity index (χ2v) is 6.24. The number of aromatic nitrogens is 2. The van der Waals surface area contributed by atoms with Gasteiger partial charge < -0.3 is 10.6 Å². The number of nitrogens with one attached hydrogen (secondary N) is 2. The predicted octanol–water partition coefficient (Wildman–Crippen LogP) is 3.78. The summed E-state index contributed by atoms with van der Waals surface area (Å²) in [7, 11) is 0. The molecule has 0 bridgehead atoms. The summed E-state index contributed by atoms with van der Waals surface area (Å²) in [5.74, 6) is 0. The molecule has 3 rings (SSSR count). The summed E-state index contributed by atoms with van der Waals surface area (Å²) < 4.78 is 1.52. The van der Waals surface area contributed by atoms with E-state index in [0.29, 0.717) is 22.9 Å². The number of para-hydroxylation sites is 1. The molecule has 2 heterocycles. The lowest BCUT2D eigenvalue weighted by Gasteiger charge is -2.17. The lowest BCUT2D eigenvalue weighted by atomic mass is 10.2. The third-order valence-electron chi connectivity index (χ3n) is 3.53. The maximum Gasteiger partial charge on any atom is 0.258 e. The van der Waals surface area contributed by atoms with Gasteiger partial charge in [0.15, 0.2) is 0 Å². The molecule has 0 saturated heterocycles. The van der Waals surface area contributed by atoms with Crippen LogP contribution in [0.5, 0.6) is 0 Å². The Morgan fingerprint density at radius 3 is 2.83 bits per heavy atom. The molecule has 2 N–H and O–H groups in total. The van der Waals surface area contributed by atoms with Crippen molar-refractivity contribution in [1.82, 2.24) is 9.38 Å². The van der Waals surface area contributed by atoms with E-state index in [9.17, 15) is 4.79 Å². The van der Waals surface area contributed by atoms with E-state index >= 15 is 0 Å². The van der Waals surface area contributed by atoms with Crippen molar-refractivity contribution in [2.24, 2.45) is 0 Å². The summed E-state index contributed by atoms with van der Waals surface area (Å²) in [5.41, 5.74) is 2.96. The minimum Gasteiger partial charge on any atom is -0.380 e. The molecular weight excluding hydrogens is 324 g/mol. The first-order valence-electron chi connectivity index (χ1n) is 7.81. The van der Waals surface area contributed by atoms with Gasteiger partial charge in [0.05, 0.1) is 28.6 Å². The monoisotopic (exact) mass is 342 g/mol. The molecule has 0 unspecified atom stereocenters. The van der Waals surface area contributed by atoms with Crippen molar-refractivity contribution >= 4 is 28.6 Å². The average Bonchev–Trinajstić information content (AvgIpc) is 2.55. The molecule has 0 atom stereocenters. The fourth-order valence-corrected chi connectivity index (χ4v) is 2.72. The van der Waals surface area contributed by atoms with Crippen LogP contribution in [0.3, 0.4) is 0 Å². The first-order valence-corrected chi connectivity index (χ1v) is 8.18. The molecule has 0 spiro atoms. The lowest BCUT2D eigenvalue weighted by Crippen LogP contribution is -2.17. The summed E-state index contributed by atoms with van der Waals surface area (Å²) in [6, 6.07) is 13.0. The standard InChI is InChI=1S/C18H19ClN4O/c1-12(2)21-18-14(19)6-5-7-15(18)20-11-13-10-17(24)23-9-4-3-8-16(23)22-13/h3-10,12,20-21H,11H2,1-2H3. The number of benzene rings is 1. The molecular formula is C18H19ClN4O. The van der Waals surface area contributed by atoms with E-state index in [4.69, 9.17) is 11.6 Å². The van der Waals surface area contributed by atoms with E-state index in [2.05, 4.69) is 29.5 Å². The number of hydrogen-bond donors (Lipinski definition) is 2. The van der Waals surface area contributed by atoms with Crippen molar-refractivity contribution in [3.05, 3.63) is 69.7 Å². The van der Waals surface area contributed by atoms with Crippen LogP contribution in [0.2, 0.25) is 5.02 Å². The van der Waals surface area contributed by atoms with E-state index in [1.165, 1.54) is 4.40 Å². The summed E-state index contributed by atoms with van der Waals surface area (Å²) in [4.78, 5) is 16.7. The molecule has 0 fully saturated rings. The minimum absolute atomic E-state index is 0.0935. The van der Waals surface area contributed by atoms with E-state index in [1.807, 2.05) is 36.4 Å². The number of rotatable bonds is 5. The molecule has 0 aliphatic heterocycles. The third-order valence-corrected chi connectivity index (χ3v) is 3.85. The van der Waals surface area contributed by atoms with Gasteiger partial charge in [0.1, 0.15) is 5.65 Å². The quantitative estimate of drug-likeness (QED) is 0.740. The van der Waals surface area contributed by atoms with Crippen LogP contribution in [-0.2, 0) is 6.54 Å². The predicted molar refractivity (Wildman–Crippen MR) is 99.0 cm³/mol. The van der Waals surface area contributed by atoms with Crippen LogP contribution in [0, 0.1) is 0 Å². The minimum atomic E-state index is -0.0935. The number of halogens is 1. The molecule has 3 aromatic rings. The Kier molecular flexibility index (Phi) is 4.71. The number of nitrogens with zero attached hydrogens (tertiary/aromatic N) is 2. The highest BCUT2D eigenvalue weighted by Crippen LogP contribution is 2.31. The van der Waals surface area contributed by atoms with Crippen molar-refractivity contribution in [1.29, 1.82) is 0 Å². The third kappa shape index (κ3) is 3.51. The zero-order valence-electron chi connectivity index (χ0n) is 13.6. The fourth-order valence-electron chi connectivity index (χ4n) is 2.49. The highest BCUT2D eigenvalue weighted by molar-refractivity contribution is 6.34. The van der Waals surface area contributed by atoms with Crippen LogP contribution < -0.4 is 16.2 Å². The second kappa shape index (κ2) is 6.93. The van der Waals surface area contributed by atoms with Crippen molar-refractivity contribution in [2.45, 2.75) is 26.4 Å². The van der Waals surface area contributed by atoms with Crippen LogP contribution >= 0.6 is 11.6 Å². The summed E-state index contributed by atoms with van der Waals surface area (Å²) in [5, 5.41) is 7.30. The Balaban J connectivity index is 1.86. The van der Waals surface area contributed by atoms with Crippen molar-refractivity contribution in [3.8, 4) is 0 Å². The number of fused-ring (bicyclic) bond motifs is 1. The van der Waals surface area contributed by atoms with Gasteiger partial charge in [-0.2, -0.15) is 0 Å². The van der Waals surface area contributed by atoms with Gasteiger partial charge in [0.25, 0.3) is 5.56 Å². The van der Waals surface area contributed by atoms with Crippen molar-refractivity contribution < 1.29 is 0 Å². The first-order chi connectivity index (χ1) is 11.5. The Labute approximate surface area is 145 Å². The van der Waals surface area contributed by atoms with Gasteiger partial charge >= 0.3 is 0 Å². The van der Waals surface area contributed by atoms with E-state index in [1.54, 1.807) is 12.3 Å². The summed E-state index contributed by atoms with van der Waals surface area (Å²) in [6.45, 7) is 4.55. The largest absolute Gasteiger partial charge is 0.380 e. The van der Waals surface area contributed by atoms with E-state index in [-0.39, 0.29) is 11.6 Å². The summed E-state index contributed by atoms with van der Waals surface area (Å²) in [6.07, 6.45) is 1.71. The molecule has 0 aliphatic carbocycles. The molecule has 2 aromatic heterocycles. The zero-order chi connectivity index (χ0) is 17.1. The van der Waals surface area contributed by atoms with Gasteiger partial charge in [0.2, 0.25) is 0 Å². The number of hydrogen-bond acceptors (Lipinski definition) is 4. The Bertz CT molecular complexity index is 920. The van der Waals surface area contributed by atoms with Crippen LogP contribution in [0.4, 0.5) is 11.4 Å². The van der Waals surface area contributed by atoms with Crippen molar-refractivity contribution in [3.63, 3.8) is 0 Å². The van der Waals surface area contributed by atoms with Crippen LogP contribution in [0.25, 0.3) is 5.65 Å². The molecule has 6 heteroatoms. The van der Waals surface area contributed by atoms with Crippen LogP contribution in [0.1, 0.15) is 19.5 Å². The van der Waals surface area contributed by atoms with Crippen molar-refractivity contribution in [2.75, 3.05) is 10.6 Å². The molecule has 24 heavy (non-hydrogen) atoms. The van der Waals surface area contributed by atoms with Crippen LogP contribution in [0.15, 0.2) is 53.5 Å². The van der Waals surface area contributed by atoms with E-state index in [0.717, 1.165) is 11.4 Å². The van der Waals surface area contributed by atoms with Gasteiger partial charge in [-0.25, -0.2) is 4.98 Å². The second-order valence-electron chi connectivity index (χ2n) is 5.83. The molecule has 124 valence electrons. The van der Waals surface area contributed by atoms with E-state index < -0.39 is 0 Å². The Morgan fingerprint density at radius 2 is 2.04 bits per heavy atom. The average molecular weight is 343 g/mol. The maximum absolute atomic E-state index is 12.1. The number of pyridine rings is 1. The van der Waals surface area contributed by atoms with Gasteiger partial charge in [-0.1, -0.05) is 23.7 Å². The molecule has 1 aromatic carbocycles. The van der Waals surface area contributed by atoms with Gasteiger partial charge in [-0.3, -0.25) is 9.20 Å². The molecule has 0 aliphatic rings. The number of anilines is 2. The molecule has 0 amide bonds. The smallest absolute Gasteiger partial charge is 0.258 e. The molecule has 0 radical (unpaired) electrons. The Hall–Kier alpha value is -2.53. The SMILES string of the molecule is CC(C)Nc1c(Cl)cccc1NCc1cc(=O)n2ccccc2n1. The summed E-state index contributed by atoms with van der Waals surface area (Å²) >= 11 is 6.29. The van der Waals surface area contributed by atoms with Gasteiger partial charge in [-0.15, -0.1) is 0 Å². The highest BCUT2D eigenvalue weighted by Gasteiger charge is 2.09. The molecule has 0 saturated carbocycles. The van der Waals surface area contributed by atoms with Gasteiger partial charge in [-0.05, 0) is 38.1 Å². The fraction of sp³-hybridized carbons (Fsp3) is 0.222. The highest BCUT2D eigenvalue weighted by atomic mass is 35.5. The first kappa shape index (κ1) is 16.3. The van der Waals surface area contributed by atoms with Gasteiger partial charge in [0, 0.05) is 18.3 Å². The Morgan fingerprint density at radius 1 is 1.21 bits per heavy atom. The zero-order valence-corrected chi connectivity index (χ0v) is 14.3. The van der Waals surface area contributed by atoms with Crippen LogP contribution in [-0.4, -0.2) is 15.4 Å². The topological polar surface area (TPSA) is 58.4 Å².